The number of hydrogen-bond acceptors (Lipinski definition) is 6. The van der Waals surface area contributed by atoms with Crippen LogP contribution in [-0.2, 0) is 0 Å². The summed E-state index contributed by atoms with van der Waals surface area (Å²) in [5.74, 6) is 1.79. The highest BCUT2D eigenvalue weighted by Crippen LogP contribution is 2.39. The van der Waals surface area contributed by atoms with Crippen molar-refractivity contribution in [3.63, 3.8) is 0 Å². The van der Waals surface area contributed by atoms with E-state index < -0.39 is 0 Å². The normalized spacial score (nSPS) is 13.9. The Balaban J connectivity index is 1.82. The van der Waals surface area contributed by atoms with Crippen LogP contribution in [0.3, 0.4) is 0 Å². The minimum atomic E-state index is 0.183. The maximum atomic E-state index is 6.49. The van der Waals surface area contributed by atoms with Gasteiger partial charge < -0.3 is 15.8 Å². The molecule has 0 unspecified atom stereocenters. The highest BCUT2D eigenvalue weighted by molar-refractivity contribution is 6.37. The lowest BCUT2D eigenvalue weighted by atomic mass is 10.1. The van der Waals surface area contributed by atoms with Crippen LogP contribution in [0.15, 0.2) is 71.0 Å². The van der Waals surface area contributed by atoms with E-state index in [1.54, 1.807) is 24.3 Å². The smallest absolute Gasteiger partial charge is 0.222 e. The standard InChI is InChI=1S/C23H23Cl2N5O/c1-4-15-10-18(8-6-7-16(15)13-27-5-2)31-22-19(24)11-17(12-20(22)25)29-21-9-14(3)28-23(26)30-21/h4,6-9,11-13H,1,5,10H2,2-3H3,(H3,26,28,29,30). The molecule has 1 aromatic heterocycles. The van der Waals surface area contributed by atoms with Gasteiger partial charge in [-0.2, -0.15) is 4.98 Å². The average Bonchev–Trinajstić information content (AvgIpc) is 2.90. The van der Waals surface area contributed by atoms with Gasteiger partial charge in [-0.3, -0.25) is 4.99 Å². The van der Waals surface area contributed by atoms with Gasteiger partial charge in [-0.05, 0) is 43.2 Å². The van der Waals surface area contributed by atoms with Crippen LogP contribution >= 0.6 is 23.2 Å². The summed E-state index contributed by atoms with van der Waals surface area (Å²) in [4.78, 5) is 12.5. The Morgan fingerprint density at radius 1 is 1.26 bits per heavy atom. The predicted octanol–water partition coefficient (Wildman–Crippen LogP) is 6.21. The molecule has 0 fully saturated rings. The number of nitrogens with two attached hydrogens (primary N) is 1. The van der Waals surface area contributed by atoms with Crippen LogP contribution in [0.5, 0.6) is 5.75 Å². The largest absolute Gasteiger partial charge is 0.458 e. The molecule has 1 aliphatic rings. The number of aliphatic imine (C=N–C) groups is 1. The molecule has 6 nitrogen and oxygen atoms in total. The minimum absolute atomic E-state index is 0.183. The first-order valence-corrected chi connectivity index (χ1v) is 10.4. The number of halogens is 2. The van der Waals surface area contributed by atoms with Crippen molar-refractivity contribution in [2.45, 2.75) is 20.3 Å². The number of aromatic nitrogens is 2. The first-order chi connectivity index (χ1) is 14.9. The lowest BCUT2D eigenvalue weighted by Gasteiger charge is -2.15. The summed E-state index contributed by atoms with van der Waals surface area (Å²) in [5.41, 5.74) is 9.09. The van der Waals surface area contributed by atoms with Gasteiger partial charge in [0, 0.05) is 36.6 Å². The number of anilines is 3. The van der Waals surface area contributed by atoms with E-state index in [-0.39, 0.29) is 5.95 Å². The molecule has 0 amide bonds. The van der Waals surface area contributed by atoms with E-state index in [2.05, 4.69) is 26.9 Å². The van der Waals surface area contributed by atoms with E-state index in [4.69, 9.17) is 33.7 Å². The minimum Gasteiger partial charge on any atom is -0.458 e. The number of nitrogens with zero attached hydrogens (tertiary/aromatic N) is 3. The van der Waals surface area contributed by atoms with Gasteiger partial charge in [0.25, 0.3) is 0 Å². The lowest BCUT2D eigenvalue weighted by Crippen LogP contribution is -2.02. The zero-order valence-corrected chi connectivity index (χ0v) is 18.8. The van der Waals surface area contributed by atoms with Crippen LogP contribution in [0.4, 0.5) is 17.5 Å². The van der Waals surface area contributed by atoms with Crippen molar-refractivity contribution in [3.05, 3.63) is 81.7 Å². The molecular formula is C23H23Cl2N5O. The quantitative estimate of drug-likeness (QED) is 0.484. The molecule has 3 N–H and O–H groups in total. The molecule has 160 valence electrons. The van der Waals surface area contributed by atoms with Gasteiger partial charge in [0.15, 0.2) is 5.75 Å². The van der Waals surface area contributed by atoms with Crippen LogP contribution < -0.4 is 15.8 Å². The summed E-state index contributed by atoms with van der Waals surface area (Å²) < 4.78 is 6.07. The molecule has 0 radical (unpaired) electrons. The molecule has 8 heteroatoms. The van der Waals surface area contributed by atoms with Crippen molar-refractivity contribution >= 4 is 46.9 Å². The van der Waals surface area contributed by atoms with E-state index in [1.807, 2.05) is 38.3 Å². The van der Waals surface area contributed by atoms with Crippen LogP contribution in [0.1, 0.15) is 19.0 Å². The van der Waals surface area contributed by atoms with Crippen molar-refractivity contribution in [1.29, 1.82) is 0 Å². The van der Waals surface area contributed by atoms with Crippen molar-refractivity contribution < 1.29 is 4.74 Å². The predicted molar refractivity (Wildman–Crippen MR) is 130 cm³/mol. The Labute approximate surface area is 191 Å². The SMILES string of the molecule is C=CC1=C(C=NCC)C=CC=C(Oc2c(Cl)cc(Nc3cc(C)nc(N)n3)cc2Cl)C1. The zero-order valence-electron chi connectivity index (χ0n) is 17.3. The van der Waals surface area contributed by atoms with Gasteiger partial charge in [-0.15, -0.1) is 0 Å². The molecular weight excluding hydrogens is 433 g/mol. The second kappa shape index (κ2) is 10.3. The van der Waals surface area contributed by atoms with Gasteiger partial charge in [0.05, 0.1) is 10.0 Å². The van der Waals surface area contributed by atoms with E-state index >= 15 is 0 Å². The van der Waals surface area contributed by atoms with Crippen LogP contribution in [0, 0.1) is 6.92 Å². The Morgan fingerprint density at radius 2 is 2.00 bits per heavy atom. The molecule has 0 aliphatic heterocycles. The van der Waals surface area contributed by atoms with Crippen molar-refractivity contribution in [3.8, 4) is 5.75 Å². The number of ether oxygens (including phenoxy) is 1. The zero-order chi connectivity index (χ0) is 22.4. The molecule has 2 aromatic rings. The van der Waals surface area contributed by atoms with Crippen LogP contribution in [-0.4, -0.2) is 22.7 Å². The molecule has 0 atom stereocenters. The molecule has 0 spiro atoms. The third kappa shape index (κ3) is 5.96. The fourth-order valence-corrected chi connectivity index (χ4v) is 3.52. The van der Waals surface area contributed by atoms with Crippen molar-refractivity contribution in [1.82, 2.24) is 9.97 Å². The summed E-state index contributed by atoms with van der Waals surface area (Å²) >= 11 is 13.0. The Morgan fingerprint density at radius 3 is 2.65 bits per heavy atom. The topological polar surface area (TPSA) is 85.4 Å². The maximum Gasteiger partial charge on any atom is 0.222 e. The summed E-state index contributed by atoms with van der Waals surface area (Å²) in [6, 6.07) is 5.20. The van der Waals surface area contributed by atoms with E-state index in [9.17, 15) is 0 Å². The van der Waals surface area contributed by atoms with Gasteiger partial charge >= 0.3 is 0 Å². The molecule has 0 saturated heterocycles. The van der Waals surface area contributed by atoms with E-state index in [1.165, 1.54) is 0 Å². The Bertz CT molecular complexity index is 1080. The average molecular weight is 456 g/mol. The highest BCUT2D eigenvalue weighted by Gasteiger charge is 2.15. The molecule has 1 aromatic carbocycles. The lowest BCUT2D eigenvalue weighted by molar-refractivity contribution is 0.414. The van der Waals surface area contributed by atoms with Crippen molar-refractivity contribution in [2.24, 2.45) is 4.99 Å². The number of allylic oxidation sites excluding steroid dienone is 6. The van der Waals surface area contributed by atoms with Crippen LogP contribution in [0.2, 0.25) is 10.0 Å². The first kappa shape index (κ1) is 22.6. The van der Waals surface area contributed by atoms with Crippen molar-refractivity contribution in [2.75, 3.05) is 17.6 Å². The summed E-state index contributed by atoms with van der Waals surface area (Å²) in [5, 5.41) is 3.85. The van der Waals surface area contributed by atoms with Gasteiger partial charge in [0.1, 0.15) is 11.6 Å². The number of nitrogens with one attached hydrogen (secondary N) is 1. The molecule has 31 heavy (non-hydrogen) atoms. The summed E-state index contributed by atoms with van der Waals surface area (Å²) in [6.45, 7) is 8.44. The molecule has 0 saturated carbocycles. The fraction of sp³-hybridized carbons (Fsp3) is 0.174. The number of rotatable bonds is 7. The monoisotopic (exact) mass is 455 g/mol. The maximum absolute atomic E-state index is 6.49. The molecule has 1 aliphatic carbocycles. The number of aryl methyl sites for hydroxylation is 1. The Kier molecular flexibility index (Phi) is 7.50. The third-order valence-corrected chi connectivity index (χ3v) is 4.89. The van der Waals surface area contributed by atoms with Gasteiger partial charge in [-0.1, -0.05) is 48.0 Å². The molecule has 1 heterocycles. The second-order valence-corrected chi connectivity index (χ2v) is 7.54. The van der Waals surface area contributed by atoms with Gasteiger partial charge in [0.2, 0.25) is 5.95 Å². The number of nitrogen functional groups attached to an aromatic ring is 1. The summed E-state index contributed by atoms with van der Waals surface area (Å²) in [6.07, 6.45) is 9.93. The first-order valence-electron chi connectivity index (χ1n) is 9.67. The van der Waals surface area contributed by atoms with E-state index in [0.29, 0.717) is 46.0 Å². The van der Waals surface area contributed by atoms with Gasteiger partial charge in [-0.25, -0.2) is 4.98 Å². The highest BCUT2D eigenvalue weighted by atomic mass is 35.5. The molecule has 3 rings (SSSR count). The fourth-order valence-electron chi connectivity index (χ4n) is 2.95. The van der Waals surface area contributed by atoms with Crippen LogP contribution in [0.25, 0.3) is 0 Å². The molecule has 0 bridgehead atoms. The second-order valence-electron chi connectivity index (χ2n) is 6.73. The Hall–Kier alpha value is -3.09. The summed E-state index contributed by atoms with van der Waals surface area (Å²) in [7, 11) is 0. The van der Waals surface area contributed by atoms with E-state index in [0.717, 1.165) is 16.8 Å². The third-order valence-electron chi connectivity index (χ3n) is 4.33. The number of hydrogen-bond donors (Lipinski definition) is 2. The number of benzene rings is 1.